The lowest BCUT2D eigenvalue weighted by atomic mass is 10.1. The molecule has 2 heterocycles. The summed E-state index contributed by atoms with van der Waals surface area (Å²) < 4.78 is 3.78. The molecule has 0 saturated heterocycles. The second-order valence-corrected chi connectivity index (χ2v) is 4.58. The molecule has 0 atom stereocenters. The van der Waals surface area contributed by atoms with Gasteiger partial charge in [0.15, 0.2) is 0 Å². The van der Waals surface area contributed by atoms with Gasteiger partial charge in [-0.3, -0.25) is 4.68 Å². The van der Waals surface area contributed by atoms with Crippen LogP contribution >= 0.6 is 0 Å². The largest absolute Gasteiger partial charge is 0.384 e. The fraction of sp³-hybridized carbons (Fsp3) is 0.545. The minimum Gasteiger partial charge on any atom is -0.384 e. The van der Waals surface area contributed by atoms with E-state index in [-0.39, 0.29) is 0 Å². The highest BCUT2D eigenvalue weighted by atomic mass is 16.3. The SMILES string of the molecule is CC(C)(O)c1cn(CCCn2ccnc2)nn1. The Bertz CT molecular complexity index is 454. The molecule has 0 aliphatic rings. The van der Waals surface area contributed by atoms with E-state index in [9.17, 15) is 5.11 Å². The molecular weight excluding hydrogens is 218 g/mol. The zero-order chi connectivity index (χ0) is 12.3. The van der Waals surface area contributed by atoms with Crippen molar-refractivity contribution in [2.75, 3.05) is 0 Å². The monoisotopic (exact) mass is 235 g/mol. The summed E-state index contributed by atoms with van der Waals surface area (Å²) in [6, 6.07) is 0. The van der Waals surface area contributed by atoms with Gasteiger partial charge >= 0.3 is 0 Å². The van der Waals surface area contributed by atoms with E-state index in [1.165, 1.54) is 0 Å². The fourth-order valence-electron chi connectivity index (χ4n) is 1.52. The Morgan fingerprint density at radius 2 is 2.18 bits per heavy atom. The van der Waals surface area contributed by atoms with Gasteiger partial charge in [0.2, 0.25) is 0 Å². The molecule has 0 saturated carbocycles. The van der Waals surface area contributed by atoms with Gasteiger partial charge in [-0.05, 0) is 20.3 Å². The van der Waals surface area contributed by atoms with Gasteiger partial charge in [-0.25, -0.2) is 4.98 Å². The lowest BCUT2D eigenvalue weighted by Gasteiger charge is -2.11. The molecule has 0 amide bonds. The van der Waals surface area contributed by atoms with Crippen LogP contribution in [-0.2, 0) is 18.7 Å². The van der Waals surface area contributed by atoms with Crippen LogP contribution in [0.3, 0.4) is 0 Å². The summed E-state index contributed by atoms with van der Waals surface area (Å²) in [4.78, 5) is 3.98. The summed E-state index contributed by atoms with van der Waals surface area (Å²) in [5.74, 6) is 0. The number of nitrogens with zero attached hydrogens (tertiary/aromatic N) is 5. The van der Waals surface area contributed by atoms with Crippen LogP contribution in [0.1, 0.15) is 26.0 Å². The van der Waals surface area contributed by atoms with Crippen LogP contribution < -0.4 is 0 Å². The third kappa shape index (κ3) is 3.13. The molecule has 0 aromatic carbocycles. The lowest BCUT2D eigenvalue weighted by Crippen LogP contribution is -2.15. The van der Waals surface area contributed by atoms with E-state index in [1.54, 1.807) is 37.3 Å². The van der Waals surface area contributed by atoms with Crippen LogP contribution in [0.5, 0.6) is 0 Å². The minimum absolute atomic E-state index is 0.597. The van der Waals surface area contributed by atoms with Crippen LogP contribution in [0.15, 0.2) is 24.9 Å². The smallest absolute Gasteiger partial charge is 0.114 e. The molecule has 2 rings (SSSR count). The predicted octanol–water partition coefficient (Wildman–Crippen LogP) is 0.792. The van der Waals surface area contributed by atoms with Crippen LogP contribution in [0, 0.1) is 0 Å². The third-order valence-electron chi connectivity index (χ3n) is 2.53. The third-order valence-corrected chi connectivity index (χ3v) is 2.53. The Hall–Kier alpha value is -1.69. The zero-order valence-electron chi connectivity index (χ0n) is 10.1. The van der Waals surface area contributed by atoms with Gasteiger partial charge in [-0.1, -0.05) is 5.21 Å². The van der Waals surface area contributed by atoms with E-state index < -0.39 is 5.60 Å². The molecule has 0 radical (unpaired) electrons. The number of imidazole rings is 1. The van der Waals surface area contributed by atoms with E-state index in [2.05, 4.69) is 15.3 Å². The van der Waals surface area contributed by atoms with Crippen molar-refractivity contribution in [3.05, 3.63) is 30.6 Å². The topological polar surface area (TPSA) is 68.8 Å². The molecule has 1 N–H and O–H groups in total. The molecule has 2 aromatic rings. The summed E-state index contributed by atoms with van der Waals surface area (Å²) in [5.41, 5.74) is -0.331. The van der Waals surface area contributed by atoms with Gasteiger partial charge in [0, 0.05) is 25.5 Å². The lowest BCUT2D eigenvalue weighted by molar-refractivity contribution is 0.0737. The van der Waals surface area contributed by atoms with Crippen LogP contribution in [0.2, 0.25) is 0 Å². The maximum absolute atomic E-state index is 9.75. The average molecular weight is 235 g/mol. The van der Waals surface area contributed by atoms with Gasteiger partial charge in [-0.2, -0.15) is 0 Å². The number of hydrogen-bond donors (Lipinski definition) is 1. The molecule has 0 spiro atoms. The molecule has 6 heteroatoms. The molecule has 2 aromatic heterocycles. The molecule has 0 unspecified atom stereocenters. The fourth-order valence-corrected chi connectivity index (χ4v) is 1.52. The Labute approximate surface area is 99.9 Å². The van der Waals surface area contributed by atoms with Crippen molar-refractivity contribution in [3.63, 3.8) is 0 Å². The maximum Gasteiger partial charge on any atom is 0.114 e. The maximum atomic E-state index is 9.75. The summed E-state index contributed by atoms with van der Waals surface area (Å²) in [5, 5.41) is 17.7. The molecule has 17 heavy (non-hydrogen) atoms. The quantitative estimate of drug-likeness (QED) is 0.832. The number of aromatic nitrogens is 5. The van der Waals surface area contributed by atoms with E-state index in [0.29, 0.717) is 5.69 Å². The predicted molar refractivity (Wildman–Crippen MR) is 62.1 cm³/mol. The molecule has 92 valence electrons. The molecular formula is C11H17N5O. The highest BCUT2D eigenvalue weighted by molar-refractivity contribution is 5.02. The number of hydrogen-bond acceptors (Lipinski definition) is 4. The first-order valence-corrected chi connectivity index (χ1v) is 5.64. The summed E-state index contributed by atoms with van der Waals surface area (Å²) in [6.45, 7) is 5.08. The van der Waals surface area contributed by atoms with Crippen molar-refractivity contribution in [2.45, 2.75) is 39.0 Å². The minimum atomic E-state index is -0.928. The van der Waals surface area contributed by atoms with Crippen LogP contribution in [-0.4, -0.2) is 29.7 Å². The zero-order valence-corrected chi connectivity index (χ0v) is 10.1. The standard InChI is InChI=1S/C11H17N5O/c1-11(2,17)10-8-16(14-13-10)6-3-5-15-7-4-12-9-15/h4,7-9,17H,3,5-6H2,1-2H3. The second kappa shape index (κ2) is 4.67. The average Bonchev–Trinajstić information content (AvgIpc) is 2.86. The van der Waals surface area contributed by atoms with Gasteiger partial charge in [0.25, 0.3) is 0 Å². The number of aliphatic hydroxyl groups is 1. The summed E-state index contributed by atoms with van der Waals surface area (Å²) >= 11 is 0. The van der Waals surface area contributed by atoms with Crippen molar-refractivity contribution < 1.29 is 5.11 Å². The molecule has 0 aliphatic heterocycles. The van der Waals surface area contributed by atoms with Gasteiger partial charge in [-0.15, -0.1) is 5.10 Å². The molecule has 0 aliphatic carbocycles. The number of rotatable bonds is 5. The van der Waals surface area contributed by atoms with E-state index >= 15 is 0 Å². The first-order valence-electron chi connectivity index (χ1n) is 5.64. The molecule has 6 nitrogen and oxygen atoms in total. The Morgan fingerprint density at radius 3 is 2.76 bits per heavy atom. The Balaban J connectivity index is 1.85. The van der Waals surface area contributed by atoms with Crippen molar-refractivity contribution >= 4 is 0 Å². The van der Waals surface area contributed by atoms with Crippen molar-refractivity contribution in [1.82, 2.24) is 24.5 Å². The van der Waals surface area contributed by atoms with Crippen LogP contribution in [0.4, 0.5) is 0 Å². The summed E-state index contributed by atoms with van der Waals surface area (Å²) in [7, 11) is 0. The van der Waals surface area contributed by atoms with Gasteiger partial charge < -0.3 is 9.67 Å². The highest BCUT2D eigenvalue weighted by Crippen LogP contribution is 2.15. The highest BCUT2D eigenvalue weighted by Gasteiger charge is 2.19. The normalized spacial score (nSPS) is 11.9. The van der Waals surface area contributed by atoms with Gasteiger partial charge in [0.05, 0.1) is 12.5 Å². The number of aryl methyl sites for hydroxylation is 2. The molecule has 0 bridgehead atoms. The van der Waals surface area contributed by atoms with Crippen molar-refractivity contribution in [1.29, 1.82) is 0 Å². The Kier molecular flexibility index (Phi) is 3.23. The van der Waals surface area contributed by atoms with E-state index in [1.807, 2.05) is 10.8 Å². The van der Waals surface area contributed by atoms with Crippen LogP contribution in [0.25, 0.3) is 0 Å². The van der Waals surface area contributed by atoms with E-state index in [4.69, 9.17) is 0 Å². The Morgan fingerprint density at radius 1 is 1.35 bits per heavy atom. The first kappa shape index (κ1) is 11.8. The van der Waals surface area contributed by atoms with Crippen molar-refractivity contribution in [3.8, 4) is 0 Å². The van der Waals surface area contributed by atoms with E-state index in [0.717, 1.165) is 19.5 Å². The van der Waals surface area contributed by atoms with Crippen molar-refractivity contribution in [2.24, 2.45) is 0 Å². The first-order chi connectivity index (χ1) is 8.05. The molecule has 0 fully saturated rings. The van der Waals surface area contributed by atoms with Gasteiger partial charge in [0.1, 0.15) is 11.3 Å². The second-order valence-electron chi connectivity index (χ2n) is 4.58. The summed E-state index contributed by atoms with van der Waals surface area (Å²) in [6.07, 6.45) is 8.23.